The van der Waals surface area contributed by atoms with Gasteiger partial charge in [-0.25, -0.2) is 4.98 Å². The van der Waals surface area contributed by atoms with Gasteiger partial charge in [-0.1, -0.05) is 5.92 Å². The number of hydrogen-bond donors (Lipinski definition) is 0. The van der Waals surface area contributed by atoms with Gasteiger partial charge in [-0.05, 0) is 18.1 Å². The molecule has 0 unspecified atom stereocenters. The summed E-state index contributed by atoms with van der Waals surface area (Å²) in [6.07, 6.45) is 1.48. The highest BCUT2D eigenvalue weighted by Gasteiger charge is 1.89. The van der Waals surface area contributed by atoms with Gasteiger partial charge in [-0.15, -0.1) is 11.6 Å². The minimum absolute atomic E-state index is 0.293. The molecule has 1 heterocycles. The SMILES string of the molecule is N#Cc1ccc(C#CCCl)nc1. The Morgan fingerprint density at radius 3 is 2.83 bits per heavy atom. The number of alkyl halides is 1. The van der Waals surface area contributed by atoms with Crippen LogP contribution in [0, 0.1) is 23.2 Å². The van der Waals surface area contributed by atoms with Gasteiger partial charge in [0.25, 0.3) is 0 Å². The summed E-state index contributed by atoms with van der Waals surface area (Å²) in [7, 11) is 0. The van der Waals surface area contributed by atoms with Gasteiger partial charge >= 0.3 is 0 Å². The van der Waals surface area contributed by atoms with Crippen LogP contribution < -0.4 is 0 Å². The highest BCUT2D eigenvalue weighted by atomic mass is 35.5. The third-order valence-electron chi connectivity index (χ3n) is 1.18. The molecule has 0 bridgehead atoms. The van der Waals surface area contributed by atoms with Crippen molar-refractivity contribution in [3.8, 4) is 17.9 Å². The highest BCUT2D eigenvalue weighted by molar-refractivity contribution is 6.19. The van der Waals surface area contributed by atoms with Crippen LogP contribution >= 0.6 is 11.6 Å². The van der Waals surface area contributed by atoms with E-state index in [0.717, 1.165) is 0 Å². The zero-order valence-corrected chi connectivity index (χ0v) is 6.97. The van der Waals surface area contributed by atoms with Crippen LogP contribution in [-0.2, 0) is 0 Å². The van der Waals surface area contributed by atoms with Gasteiger partial charge in [0.1, 0.15) is 11.8 Å². The van der Waals surface area contributed by atoms with Crippen molar-refractivity contribution in [1.29, 1.82) is 5.26 Å². The van der Waals surface area contributed by atoms with Crippen LogP contribution in [0.15, 0.2) is 18.3 Å². The largest absolute Gasteiger partial charge is 0.246 e. The van der Waals surface area contributed by atoms with E-state index in [1.165, 1.54) is 6.20 Å². The highest BCUT2D eigenvalue weighted by Crippen LogP contribution is 1.96. The summed E-state index contributed by atoms with van der Waals surface area (Å²) in [6.45, 7) is 0. The summed E-state index contributed by atoms with van der Waals surface area (Å²) in [5, 5.41) is 8.46. The number of aromatic nitrogens is 1. The minimum Gasteiger partial charge on any atom is -0.246 e. The maximum Gasteiger partial charge on any atom is 0.113 e. The van der Waals surface area contributed by atoms with Gasteiger partial charge in [0.05, 0.1) is 11.4 Å². The molecule has 12 heavy (non-hydrogen) atoms. The smallest absolute Gasteiger partial charge is 0.113 e. The minimum atomic E-state index is 0.293. The van der Waals surface area contributed by atoms with Gasteiger partial charge in [0.2, 0.25) is 0 Å². The Balaban J connectivity index is 2.87. The van der Waals surface area contributed by atoms with E-state index in [-0.39, 0.29) is 0 Å². The maximum absolute atomic E-state index is 8.46. The van der Waals surface area contributed by atoms with Crippen molar-refractivity contribution >= 4 is 11.6 Å². The topological polar surface area (TPSA) is 36.7 Å². The van der Waals surface area contributed by atoms with Crippen LogP contribution in [0.3, 0.4) is 0 Å². The van der Waals surface area contributed by atoms with Crippen LogP contribution in [0.2, 0.25) is 0 Å². The lowest BCUT2D eigenvalue weighted by Gasteiger charge is -1.87. The second-order valence-corrected chi connectivity index (χ2v) is 2.25. The molecule has 0 aliphatic heterocycles. The van der Waals surface area contributed by atoms with E-state index in [2.05, 4.69) is 16.8 Å². The first kappa shape index (κ1) is 8.59. The van der Waals surface area contributed by atoms with Crippen molar-refractivity contribution in [3.63, 3.8) is 0 Å². The summed E-state index contributed by atoms with van der Waals surface area (Å²) < 4.78 is 0. The first-order chi connectivity index (χ1) is 5.86. The van der Waals surface area contributed by atoms with Crippen LogP contribution in [0.4, 0.5) is 0 Å². The second kappa shape index (κ2) is 4.38. The molecule has 0 saturated carbocycles. The lowest BCUT2D eigenvalue weighted by Crippen LogP contribution is -1.82. The van der Waals surface area contributed by atoms with Crippen molar-refractivity contribution in [1.82, 2.24) is 4.98 Å². The molecule has 2 nitrogen and oxygen atoms in total. The Labute approximate surface area is 75.8 Å². The number of halogens is 1. The molecule has 0 spiro atoms. The Kier molecular flexibility index (Phi) is 3.14. The summed E-state index contributed by atoms with van der Waals surface area (Å²) in [5.74, 6) is 5.71. The normalized spacial score (nSPS) is 8.00. The van der Waals surface area contributed by atoms with Gasteiger partial charge in [0.15, 0.2) is 0 Å². The van der Waals surface area contributed by atoms with Gasteiger partial charge in [0, 0.05) is 6.20 Å². The fraction of sp³-hybridized carbons (Fsp3) is 0.111. The first-order valence-electron chi connectivity index (χ1n) is 3.28. The van der Waals surface area contributed by atoms with Crippen molar-refractivity contribution in [3.05, 3.63) is 29.6 Å². The molecule has 1 rings (SSSR count). The van der Waals surface area contributed by atoms with Crippen molar-refractivity contribution in [2.45, 2.75) is 0 Å². The molecular formula is C9H5ClN2. The Morgan fingerprint density at radius 2 is 2.33 bits per heavy atom. The molecule has 0 N–H and O–H groups in total. The van der Waals surface area contributed by atoms with E-state index in [1.807, 2.05) is 6.07 Å². The number of pyridine rings is 1. The monoisotopic (exact) mass is 176 g/mol. The van der Waals surface area contributed by atoms with E-state index in [4.69, 9.17) is 16.9 Å². The van der Waals surface area contributed by atoms with E-state index >= 15 is 0 Å². The fourth-order valence-corrected chi connectivity index (χ4v) is 0.725. The Hall–Kier alpha value is -1.51. The Bertz CT molecular complexity index is 351. The van der Waals surface area contributed by atoms with E-state index in [0.29, 0.717) is 17.1 Å². The molecule has 0 amide bonds. The number of hydrogen-bond acceptors (Lipinski definition) is 2. The molecule has 0 aromatic carbocycles. The third-order valence-corrected chi connectivity index (χ3v) is 1.31. The van der Waals surface area contributed by atoms with Crippen LogP contribution in [0.25, 0.3) is 0 Å². The second-order valence-electron chi connectivity index (χ2n) is 1.98. The molecule has 0 fully saturated rings. The fourth-order valence-electron chi connectivity index (χ4n) is 0.658. The molecule has 0 aliphatic carbocycles. The zero-order chi connectivity index (χ0) is 8.81. The maximum atomic E-state index is 8.46. The Morgan fingerprint density at radius 1 is 1.50 bits per heavy atom. The first-order valence-corrected chi connectivity index (χ1v) is 3.81. The number of nitriles is 1. The lowest BCUT2D eigenvalue weighted by atomic mass is 10.3. The zero-order valence-electron chi connectivity index (χ0n) is 6.21. The summed E-state index contributed by atoms with van der Waals surface area (Å²) in [5.41, 5.74) is 1.17. The molecule has 58 valence electrons. The quantitative estimate of drug-likeness (QED) is 0.444. The molecular weight excluding hydrogens is 172 g/mol. The van der Waals surface area contributed by atoms with Gasteiger partial charge < -0.3 is 0 Å². The predicted molar refractivity (Wildman–Crippen MR) is 46.6 cm³/mol. The lowest BCUT2D eigenvalue weighted by molar-refractivity contribution is 1.27. The van der Waals surface area contributed by atoms with Crippen molar-refractivity contribution < 1.29 is 0 Å². The predicted octanol–water partition coefficient (Wildman–Crippen LogP) is 1.54. The van der Waals surface area contributed by atoms with Gasteiger partial charge in [-0.2, -0.15) is 5.26 Å². The van der Waals surface area contributed by atoms with Crippen LogP contribution in [-0.4, -0.2) is 10.9 Å². The summed E-state index contributed by atoms with van der Waals surface area (Å²) in [6, 6.07) is 5.34. The molecule has 0 saturated heterocycles. The summed E-state index contributed by atoms with van der Waals surface area (Å²) >= 11 is 5.36. The molecule has 0 aliphatic rings. The third kappa shape index (κ3) is 2.27. The van der Waals surface area contributed by atoms with Crippen molar-refractivity contribution in [2.24, 2.45) is 0 Å². The number of rotatable bonds is 0. The molecule has 3 heteroatoms. The average Bonchev–Trinajstić information content (AvgIpc) is 2.15. The van der Waals surface area contributed by atoms with E-state index in [9.17, 15) is 0 Å². The number of nitrogens with zero attached hydrogens (tertiary/aromatic N) is 2. The van der Waals surface area contributed by atoms with Crippen LogP contribution in [0.5, 0.6) is 0 Å². The standard InChI is InChI=1S/C9H5ClN2/c10-5-1-2-9-4-3-8(6-11)7-12-9/h3-4,7H,5H2. The van der Waals surface area contributed by atoms with E-state index in [1.54, 1.807) is 12.1 Å². The van der Waals surface area contributed by atoms with E-state index < -0.39 is 0 Å². The van der Waals surface area contributed by atoms with Crippen molar-refractivity contribution in [2.75, 3.05) is 5.88 Å². The molecule has 1 aromatic rings. The van der Waals surface area contributed by atoms with Gasteiger partial charge in [-0.3, -0.25) is 0 Å². The molecule has 0 atom stereocenters. The molecule has 1 aromatic heterocycles. The average molecular weight is 177 g/mol. The molecule has 0 radical (unpaired) electrons. The van der Waals surface area contributed by atoms with Crippen LogP contribution in [0.1, 0.15) is 11.3 Å². The summed E-state index contributed by atoms with van der Waals surface area (Å²) in [4.78, 5) is 3.93.